The van der Waals surface area contributed by atoms with Crippen LogP contribution in [0.1, 0.15) is 110 Å². The molecule has 0 aliphatic heterocycles. The molecule has 0 fully saturated rings. The van der Waals surface area contributed by atoms with Crippen molar-refractivity contribution in [2.45, 2.75) is 116 Å². The predicted molar refractivity (Wildman–Crippen MR) is 132 cm³/mol. The third kappa shape index (κ3) is 22.8. The third-order valence-electron chi connectivity index (χ3n) is 5.29. The number of hydrogen-bond acceptors (Lipinski definition) is 7. The number of carbonyl (C=O) groups is 2. The van der Waals surface area contributed by atoms with Gasteiger partial charge in [-0.2, -0.15) is 0 Å². The number of nitrogens with one attached hydrogen (secondary N) is 1. The van der Waals surface area contributed by atoms with Crippen molar-refractivity contribution in [1.29, 1.82) is 0 Å². The van der Waals surface area contributed by atoms with E-state index in [-0.39, 0.29) is 32.1 Å². The van der Waals surface area contributed by atoms with Gasteiger partial charge >= 0.3 is 13.8 Å². The van der Waals surface area contributed by atoms with Crippen molar-refractivity contribution in [2.24, 2.45) is 0 Å². The molecule has 0 aromatic heterocycles. The Hall–Kier alpha value is -0.990. The van der Waals surface area contributed by atoms with E-state index in [0.717, 1.165) is 38.5 Å². The highest BCUT2D eigenvalue weighted by Crippen LogP contribution is 2.42. The number of phosphoric acid groups is 1. The number of aliphatic hydroxyl groups is 1. The second-order valence-electron chi connectivity index (χ2n) is 8.67. The van der Waals surface area contributed by atoms with Gasteiger partial charge < -0.3 is 20.1 Å². The molecule has 0 heterocycles. The molecule has 0 aromatic carbocycles. The second kappa shape index (κ2) is 22.5. The van der Waals surface area contributed by atoms with Gasteiger partial charge in [-0.3, -0.25) is 18.6 Å². The summed E-state index contributed by atoms with van der Waals surface area (Å²) in [7, 11) is -4.37. The lowest BCUT2D eigenvalue weighted by Gasteiger charge is -2.15. The molecule has 0 spiro atoms. The van der Waals surface area contributed by atoms with Gasteiger partial charge in [-0.1, -0.05) is 84.5 Å². The average molecular weight is 510 g/mol. The Morgan fingerprint density at radius 3 is 1.94 bits per heavy atom. The summed E-state index contributed by atoms with van der Waals surface area (Å²) in [4.78, 5) is 32.9. The standard InChI is InChI=1S/C24H48NO8P/c1-3-5-7-8-9-10-11-12-13-15-16-23(27)25-18-19-32-34(29,30)33-21-22(26)20-31-24(28)17-14-6-4-2/h22,26H,3-21H2,1-2H3,(H,25,27)(H,29,30). The summed E-state index contributed by atoms with van der Waals surface area (Å²) in [5.74, 6) is -0.544. The van der Waals surface area contributed by atoms with E-state index in [1.165, 1.54) is 44.9 Å². The van der Waals surface area contributed by atoms with Crippen molar-refractivity contribution in [3.63, 3.8) is 0 Å². The van der Waals surface area contributed by atoms with Crippen LogP contribution in [0.2, 0.25) is 0 Å². The van der Waals surface area contributed by atoms with Gasteiger partial charge in [0.15, 0.2) is 0 Å². The molecule has 3 N–H and O–H groups in total. The van der Waals surface area contributed by atoms with E-state index >= 15 is 0 Å². The van der Waals surface area contributed by atoms with Gasteiger partial charge in [-0.05, 0) is 12.8 Å². The fourth-order valence-electron chi connectivity index (χ4n) is 3.26. The largest absolute Gasteiger partial charge is 0.472 e. The zero-order chi connectivity index (χ0) is 25.5. The zero-order valence-corrected chi connectivity index (χ0v) is 22.2. The molecule has 0 rings (SSSR count). The van der Waals surface area contributed by atoms with Crippen LogP contribution in [0, 0.1) is 0 Å². The molecule has 0 saturated carbocycles. The molecule has 10 heteroatoms. The maximum absolute atomic E-state index is 11.8. The lowest BCUT2D eigenvalue weighted by Crippen LogP contribution is -2.27. The van der Waals surface area contributed by atoms with Gasteiger partial charge in [0, 0.05) is 19.4 Å². The van der Waals surface area contributed by atoms with Crippen LogP contribution in [0.25, 0.3) is 0 Å². The molecule has 9 nitrogen and oxygen atoms in total. The minimum Gasteiger partial charge on any atom is -0.463 e. The molecule has 2 atom stereocenters. The number of phosphoric ester groups is 1. The number of esters is 1. The Morgan fingerprint density at radius 2 is 1.32 bits per heavy atom. The van der Waals surface area contributed by atoms with Crippen molar-refractivity contribution in [2.75, 3.05) is 26.4 Å². The molecule has 0 bridgehead atoms. The lowest BCUT2D eigenvalue weighted by atomic mass is 10.1. The molecule has 34 heavy (non-hydrogen) atoms. The molecular formula is C24H48NO8P. The van der Waals surface area contributed by atoms with Crippen LogP contribution in [-0.2, 0) is 27.9 Å². The van der Waals surface area contributed by atoms with Gasteiger partial charge in [0.1, 0.15) is 12.7 Å². The molecule has 0 saturated heterocycles. The molecule has 0 aliphatic carbocycles. The van der Waals surface area contributed by atoms with Gasteiger partial charge in [-0.25, -0.2) is 4.57 Å². The van der Waals surface area contributed by atoms with E-state index < -0.39 is 26.5 Å². The lowest BCUT2D eigenvalue weighted by molar-refractivity contribution is -0.147. The molecule has 0 radical (unpaired) electrons. The maximum atomic E-state index is 11.8. The molecule has 0 aliphatic rings. The number of amides is 1. The number of ether oxygens (including phenoxy) is 1. The monoisotopic (exact) mass is 509 g/mol. The van der Waals surface area contributed by atoms with Crippen LogP contribution in [-0.4, -0.2) is 54.3 Å². The SMILES string of the molecule is CCCCCCCCCCCCC(=O)NCCOP(=O)(O)OCC(O)COC(=O)CCCCC. The first-order chi connectivity index (χ1) is 16.3. The quantitative estimate of drug-likeness (QED) is 0.0938. The first-order valence-electron chi connectivity index (χ1n) is 13.0. The molecule has 2 unspecified atom stereocenters. The van der Waals surface area contributed by atoms with Crippen LogP contribution in [0.3, 0.4) is 0 Å². The van der Waals surface area contributed by atoms with E-state index in [1.54, 1.807) is 0 Å². The highest BCUT2D eigenvalue weighted by atomic mass is 31.2. The minimum absolute atomic E-state index is 0.0857. The summed E-state index contributed by atoms with van der Waals surface area (Å²) < 4.78 is 26.2. The Labute approximate surface area is 205 Å². The Bertz CT molecular complexity index is 561. The van der Waals surface area contributed by atoms with Crippen molar-refractivity contribution in [3.05, 3.63) is 0 Å². The smallest absolute Gasteiger partial charge is 0.463 e. The summed E-state index contributed by atoms with van der Waals surface area (Å²) in [6.07, 6.45) is 14.1. The van der Waals surface area contributed by atoms with Crippen LogP contribution < -0.4 is 5.32 Å². The first kappa shape index (κ1) is 33.0. The minimum atomic E-state index is -4.37. The van der Waals surface area contributed by atoms with E-state index in [9.17, 15) is 24.2 Å². The Morgan fingerprint density at radius 1 is 0.794 bits per heavy atom. The summed E-state index contributed by atoms with van der Waals surface area (Å²) in [5, 5.41) is 12.4. The van der Waals surface area contributed by atoms with Gasteiger partial charge in [0.25, 0.3) is 0 Å². The Balaban J connectivity index is 3.66. The normalized spacial score (nSPS) is 13.9. The Kier molecular flexibility index (Phi) is 21.8. The zero-order valence-electron chi connectivity index (χ0n) is 21.3. The van der Waals surface area contributed by atoms with E-state index in [0.29, 0.717) is 6.42 Å². The van der Waals surface area contributed by atoms with Crippen molar-refractivity contribution >= 4 is 19.7 Å². The van der Waals surface area contributed by atoms with Gasteiger partial charge in [0.05, 0.1) is 13.2 Å². The number of hydrogen-bond donors (Lipinski definition) is 3. The summed E-state index contributed by atoms with van der Waals surface area (Å²) in [6, 6.07) is 0. The molecule has 1 amide bonds. The number of aliphatic hydroxyl groups excluding tert-OH is 1. The van der Waals surface area contributed by atoms with E-state index in [1.807, 2.05) is 6.92 Å². The van der Waals surface area contributed by atoms with Crippen molar-refractivity contribution < 1.29 is 37.9 Å². The fraction of sp³-hybridized carbons (Fsp3) is 0.917. The summed E-state index contributed by atoms with van der Waals surface area (Å²) in [5.41, 5.74) is 0. The van der Waals surface area contributed by atoms with Gasteiger partial charge in [0.2, 0.25) is 5.91 Å². The highest BCUT2D eigenvalue weighted by Gasteiger charge is 2.23. The number of unbranched alkanes of at least 4 members (excludes halogenated alkanes) is 11. The maximum Gasteiger partial charge on any atom is 0.472 e. The van der Waals surface area contributed by atoms with E-state index in [4.69, 9.17) is 13.8 Å². The number of carbonyl (C=O) groups excluding carboxylic acids is 2. The molecule has 0 aromatic rings. The van der Waals surface area contributed by atoms with Crippen LogP contribution in [0.4, 0.5) is 0 Å². The topological polar surface area (TPSA) is 131 Å². The summed E-state index contributed by atoms with van der Waals surface area (Å²) in [6.45, 7) is 3.30. The second-order valence-corrected chi connectivity index (χ2v) is 10.1. The number of rotatable bonds is 24. The first-order valence-corrected chi connectivity index (χ1v) is 14.5. The predicted octanol–water partition coefficient (Wildman–Crippen LogP) is 5.03. The van der Waals surface area contributed by atoms with Crippen LogP contribution in [0.15, 0.2) is 0 Å². The van der Waals surface area contributed by atoms with E-state index in [2.05, 4.69) is 12.2 Å². The van der Waals surface area contributed by atoms with Crippen molar-refractivity contribution in [1.82, 2.24) is 5.32 Å². The highest BCUT2D eigenvalue weighted by molar-refractivity contribution is 7.47. The molecular weight excluding hydrogens is 461 g/mol. The van der Waals surface area contributed by atoms with Gasteiger partial charge in [-0.15, -0.1) is 0 Å². The summed E-state index contributed by atoms with van der Waals surface area (Å²) >= 11 is 0. The fourth-order valence-corrected chi connectivity index (χ4v) is 4.02. The van der Waals surface area contributed by atoms with Crippen LogP contribution >= 0.6 is 7.82 Å². The average Bonchev–Trinajstić information content (AvgIpc) is 2.80. The van der Waals surface area contributed by atoms with Crippen molar-refractivity contribution in [3.8, 4) is 0 Å². The third-order valence-corrected chi connectivity index (χ3v) is 6.27. The van der Waals surface area contributed by atoms with Crippen LogP contribution in [0.5, 0.6) is 0 Å². The molecule has 202 valence electrons.